The second-order valence-corrected chi connectivity index (χ2v) is 9.79. The highest BCUT2D eigenvalue weighted by Crippen LogP contribution is 2.39. The highest BCUT2D eigenvalue weighted by atomic mass is 35.5. The number of halogens is 1. The number of anilines is 1. The molecule has 7 nitrogen and oxygen atoms in total. The number of ether oxygens (including phenoxy) is 1. The second kappa shape index (κ2) is 11.5. The van der Waals surface area contributed by atoms with Crippen molar-refractivity contribution in [3.8, 4) is 17.9 Å². The molecule has 0 fully saturated rings. The number of aromatic nitrogens is 2. The Labute approximate surface area is 208 Å². The lowest BCUT2D eigenvalue weighted by molar-refractivity contribution is 0.271. The van der Waals surface area contributed by atoms with Crippen LogP contribution in [0.25, 0.3) is 10.2 Å². The molecular formula is C25H27ClN6OS. The Bertz CT molecular complexity index is 1230. The van der Waals surface area contributed by atoms with Crippen molar-refractivity contribution in [2.45, 2.75) is 51.6 Å². The predicted octanol–water partition coefficient (Wildman–Crippen LogP) is 5.47. The summed E-state index contributed by atoms with van der Waals surface area (Å²) in [4.78, 5) is 14.3. The highest BCUT2D eigenvalue weighted by Gasteiger charge is 2.22. The Hall–Kier alpha value is -2.91. The van der Waals surface area contributed by atoms with Gasteiger partial charge in [0.05, 0.1) is 36.2 Å². The lowest BCUT2D eigenvalue weighted by Crippen LogP contribution is -2.26. The summed E-state index contributed by atoms with van der Waals surface area (Å²) < 4.78 is 5.26. The van der Waals surface area contributed by atoms with E-state index in [0.29, 0.717) is 55.6 Å². The molecule has 1 aliphatic rings. The molecule has 2 heterocycles. The first kappa shape index (κ1) is 24.2. The van der Waals surface area contributed by atoms with Crippen molar-refractivity contribution in [3.05, 3.63) is 45.1 Å². The number of hydrogen-bond donors (Lipinski definition) is 1. The molecule has 0 spiro atoms. The zero-order chi connectivity index (χ0) is 23.9. The van der Waals surface area contributed by atoms with E-state index in [1.807, 2.05) is 18.2 Å². The molecule has 1 aliphatic carbocycles. The number of nitriles is 2. The van der Waals surface area contributed by atoms with Crippen LogP contribution in [-0.4, -0.2) is 35.1 Å². The number of aryl methyl sites for hydroxylation is 2. The van der Waals surface area contributed by atoms with Crippen molar-refractivity contribution in [2.75, 3.05) is 25.5 Å². The predicted molar refractivity (Wildman–Crippen MR) is 135 cm³/mol. The van der Waals surface area contributed by atoms with Crippen LogP contribution >= 0.6 is 22.9 Å². The third-order valence-electron chi connectivity index (χ3n) is 5.98. The maximum atomic E-state index is 9.02. The maximum Gasteiger partial charge on any atom is 0.146 e. The van der Waals surface area contributed by atoms with Gasteiger partial charge in [-0.05, 0) is 48.9 Å². The molecule has 0 saturated carbocycles. The fourth-order valence-electron chi connectivity index (χ4n) is 4.29. The number of fused-ring (bicyclic) bond motifs is 3. The van der Waals surface area contributed by atoms with Crippen molar-refractivity contribution in [2.24, 2.45) is 0 Å². The first-order chi connectivity index (χ1) is 16.6. The van der Waals surface area contributed by atoms with Crippen molar-refractivity contribution >= 4 is 39.0 Å². The molecule has 9 heteroatoms. The van der Waals surface area contributed by atoms with E-state index in [2.05, 4.69) is 22.4 Å². The van der Waals surface area contributed by atoms with Gasteiger partial charge in [-0.1, -0.05) is 17.7 Å². The second-order valence-electron chi connectivity index (χ2n) is 8.29. The molecule has 0 unspecified atom stereocenters. The summed E-state index contributed by atoms with van der Waals surface area (Å²) in [6, 6.07) is 10.1. The van der Waals surface area contributed by atoms with E-state index in [4.69, 9.17) is 36.8 Å². The van der Waals surface area contributed by atoms with Crippen molar-refractivity contribution in [3.63, 3.8) is 0 Å². The lowest BCUT2D eigenvalue weighted by atomic mass is 9.97. The van der Waals surface area contributed by atoms with Crippen LogP contribution in [0.3, 0.4) is 0 Å². The molecule has 34 heavy (non-hydrogen) atoms. The normalized spacial score (nSPS) is 12.9. The third kappa shape index (κ3) is 5.59. The summed E-state index contributed by atoms with van der Waals surface area (Å²) in [5, 5.41) is 23.3. The van der Waals surface area contributed by atoms with E-state index in [9.17, 15) is 0 Å². The number of methoxy groups -OCH3 is 1. The minimum atomic E-state index is 0.407. The number of thiophene rings is 1. The first-order valence-electron chi connectivity index (χ1n) is 11.5. The van der Waals surface area contributed by atoms with E-state index in [0.717, 1.165) is 34.4 Å². The molecule has 0 aliphatic heterocycles. The molecule has 0 amide bonds. The molecule has 0 radical (unpaired) electrons. The number of benzene rings is 1. The molecule has 4 rings (SSSR count). The SMILES string of the molecule is COc1ccc(CNc2nc(CN(CCC#N)CCC#N)nc3sc4c(c23)CCCC4)cc1Cl. The smallest absolute Gasteiger partial charge is 0.146 e. The fourth-order valence-corrected chi connectivity index (χ4v) is 5.85. The van der Waals surface area contributed by atoms with Gasteiger partial charge in [-0.3, -0.25) is 4.90 Å². The lowest BCUT2D eigenvalue weighted by Gasteiger charge is -2.19. The van der Waals surface area contributed by atoms with Crippen LogP contribution in [0.5, 0.6) is 5.75 Å². The summed E-state index contributed by atoms with van der Waals surface area (Å²) in [6.07, 6.45) is 5.36. The molecule has 0 bridgehead atoms. The van der Waals surface area contributed by atoms with Crippen molar-refractivity contribution in [1.82, 2.24) is 14.9 Å². The van der Waals surface area contributed by atoms with E-state index in [1.165, 1.54) is 23.3 Å². The molecule has 0 saturated heterocycles. The van der Waals surface area contributed by atoms with Gasteiger partial charge in [0.2, 0.25) is 0 Å². The van der Waals surface area contributed by atoms with Crippen LogP contribution in [0.1, 0.15) is 47.5 Å². The molecule has 1 N–H and O–H groups in total. The zero-order valence-corrected chi connectivity index (χ0v) is 20.8. The maximum absolute atomic E-state index is 9.02. The largest absolute Gasteiger partial charge is 0.495 e. The molecule has 2 aromatic heterocycles. The van der Waals surface area contributed by atoms with Crippen LogP contribution in [0.15, 0.2) is 18.2 Å². The summed E-state index contributed by atoms with van der Waals surface area (Å²) in [5.41, 5.74) is 2.41. The van der Waals surface area contributed by atoms with Gasteiger partial charge in [0.1, 0.15) is 22.2 Å². The van der Waals surface area contributed by atoms with Crippen LogP contribution in [0.2, 0.25) is 5.02 Å². The van der Waals surface area contributed by atoms with Gasteiger partial charge in [0.25, 0.3) is 0 Å². The zero-order valence-electron chi connectivity index (χ0n) is 19.2. The summed E-state index contributed by atoms with van der Waals surface area (Å²) >= 11 is 8.09. The molecule has 0 atom stereocenters. The number of hydrogen-bond acceptors (Lipinski definition) is 8. The van der Waals surface area contributed by atoms with Gasteiger partial charge in [-0.25, -0.2) is 9.97 Å². The van der Waals surface area contributed by atoms with Crippen LogP contribution in [0, 0.1) is 22.7 Å². The summed E-state index contributed by atoms with van der Waals surface area (Å²) in [7, 11) is 1.61. The Balaban J connectivity index is 1.65. The Morgan fingerprint density at radius 2 is 1.91 bits per heavy atom. The van der Waals surface area contributed by atoms with Gasteiger partial charge in [-0.15, -0.1) is 11.3 Å². The standard InChI is InChI=1S/C25H27ClN6OS/c1-33-20-9-8-17(14-19(20)26)15-29-24-23-18-6-2-3-7-21(18)34-25(23)31-22(30-24)16-32(12-4-10-27)13-5-11-28/h8-9,14H,2-7,12-13,15-16H2,1H3,(H,29,30,31). The minimum Gasteiger partial charge on any atom is -0.495 e. The van der Waals surface area contributed by atoms with Gasteiger partial charge >= 0.3 is 0 Å². The number of nitrogens with one attached hydrogen (secondary N) is 1. The molecular weight excluding hydrogens is 468 g/mol. The summed E-state index contributed by atoms with van der Waals surface area (Å²) in [5.74, 6) is 2.20. The Morgan fingerprint density at radius 3 is 2.62 bits per heavy atom. The number of rotatable bonds is 10. The monoisotopic (exact) mass is 494 g/mol. The quantitative estimate of drug-likeness (QED) is 0.398. The van der Waals surface area contributed by atoms with Gasteiger partial charge < -0.3 is 10.1 Å². The minimum absolute atomic E-state index is 0.407. The summed E-state index contributed by atoms with van der Waals surface area (Å²) in [6.45, 7) is 2.26. The third-order valence-corrected chi connectivity index (χ3v) is 7.46. The highest BCUT2D eigenvalue weighted by molar-refractivity contribution is 7.19. The van der Waals surface area contributed by atoms with Crippen molar-refractivity contribution in [1.29, 1.82) is 10.5 Å². The van der Waals surface area contributed by atoms with Crippen LogP contribution in [-0.2, 0) is 25.9 Å². The average molecular weight is 495 g/mol. The van der Waals surface area contributed by atoms with Crippen molar-refractivity contribution < 1.29 is 4.74 Å². The first-order valence-corrected chi connectivity index (χ1v) is 12.7. The Kier molecular flexibility index (Phi) is 8.18. The van der Waals surface area contributed by atoms with Crippen LogP contribution in [0.4, 0.5) is 5.82 Å². The van der Waals surface area contributed by atoms with E-state index in [1.54, 1.807) is 18.4 Å². The molecule has 1 aromatic carbocycles. The van der Waals surface area contributed by atoms with Gasteiger partial charge in [0, 0.05) is 37.4 Å². The van der Waals surface area contributed by atoms with E-state index in [-0.39, 0.29) is 0 Å². The Morgan fingerprint density at radius 1 is 1.15 bits per heavy atom. The fraction of sp³-hybridized carbons (Fsp3) is 0.440. The molecule has 3 aromatic rings. The van der Waals surface area contributed by atoms with Gasteiger partial charge in [0.15, 0.2) is 0 Å². The molecule has 176 valence electrons. The van der Waals surface area contributed by atoms with Gasteiger partial charge in [-0.2, -0.15) is 10.5 Å². The van der Waals surface area contributed by atoms with E-state index >= 15 is 0 Å². The van der Waals surface area contributed by atoms with Crippen LogP contribution < -0.4 is 10.1 Å². The average Bonchev–Trinajstić information content (AvgIpc) is 3.22. The topological polar surface area (TPSA) is 97.9 Å². The number of nitrogens with zero attached hydrogens (tertiary/aromatic N) is 5. The van der Waals surface area contributed by atoms with E-state index < -0.39 is 0 Å².